The Morgan fingerprint density at radius 3 is 2.00 bits per heavy atom. The van der Waals surface area contributed by atoms with E-state index in [2.05, 4.69) is 45.0 Å². The lowest BCUT2D eigenvalue weighted by atomic mass is 9.79. The number of aryl methyl sites for hydroxylation is 1. The molecule has 2 N–H and O–H groups in total. The van der Waals surface area contributed by atoms with Crippen LogP contribution >= 0.6 is 12.4 Å². The maximum Gasteiger partial charge on any atom is 0.0412 e. The van der Waals surface area contributed by atoms with Gasteiger partial charge in [0.1, 0.15) is 0 Å². The first-order chi connectivity index (χ1) is 8.18. The van der Waals surface area contributed by atoms with Crippen LogP contribution in [0.25, 0.3) is 0 Å². The Morgan fingerprint density at radius 1 is 0.944 bits per heavy atom. The van der Waals surface area contributed by atoms with E-state index in [0.29, 0.717) is 0 Å². The van der Waals surface area contributed by atoms with E-state index in [1.165, 1.54) is 17.5 Å². The number of hydrogen-bond donors (Lipinski definition) is 1. The van der Waals surface area contributed by atoms with Gasteiger partial charge in [-0.25, -0.2) is 0 Å². The molecule has 0 atom stereocenters. The molecule has 0 spiro atoms. The highest BCUT2D eigenvalue weighted by molar-refractivity contribution is 5.85. The van der Waals surface area contributed by atoms with E-state index in [0.717, 1.165) is 32.1 Å². The number of hydrogen-bond acceptors (Lipinski definition) is 1. The highest BCUT2D eigenvalue weighted by Crippen LogP contribution is 2.31. The lowest BCUT2D eigenvalue weighted by Gasteiger charge is -2.31. The molecule has 1 aromatic carbocycles. The summed E-state index contributed by atoms with van der Waals surface area (Å²) in [6, 6.07) is 8.73. The van der Waals surface area contributed by atoms with Gasteiger partial charge in [-0.2, -0.15) is 0 Å². The van der Waals surface area contributed by atoms with Crippen molar-refractivity contribution in [3.05, 3.63) is 35.4 Å². The largest absolute Gasteiger partial charge is 0.321 e. The third-order valence-corrected chi connectivity index (χ3v) is 3.47. The van der Waals surface area contributed by atoms with Crippen molar-refractivity contribution < 1.29 is 0 Å². The quantitative estimate of drug-likeness (QED) is 0.755. The number of nitrogens with two attached hydrogens (primary N) is 1. The number of rotatable bonds is 7. The third-order valence-electron chi connectivity index (χ3n) is 3.47. The summed E-state index contributed by atoms with van der Waals surface area (Å²) in [5.41, 5.74) is 9.38. The van der Waals surface area contributed by atoms with Gasteiger partial charge in [-0.05, 0) is 30.4 Å². The third kappa shape index (κ3) is 4.29. The van der Waals surface area contributed by atoms with Gasteiger partial charge in [0, 0.05) is 5.54 Å². The van der Waals surface area contributed by atoms with Crippen molar-refractivity contribution in [2.75, 3.05) is 0 Å². The Morgan fingerprint density at radius 2 is 1.50 bits per heavy atom. The predicted molar refractivity (Wildman–Crippen MR) is 83.4 cm³/mol. The van der Waals surface area contributed by atoms with Gasteiger partial charge in [0.15, 0.2) is 0 Å². The van der Waals surface area contributed by atoms with Gasteiger partial charge in [-0.3, -0.25) is 0 Å². The lowest BCUT2D eigenvalue weighted by Crippen LogP contribution is -2.37. The van der Waals surface area contributed by atoms with Crippen molar-refractivity contribution in [1.29, 1.82) is 0 Å². The minimum absolute atomic E-state index is 0. The zero-order valence-corrected chi connectivity index (χ0v) is 12.9. The van der Waals surface area contributed by atoms with Gasteiger partial charge < -0.3 is 5.73 Å². The molecule has 18 heavy (non-hydrogen) atoms. The van der Waals surface area contributed by atoms with Gasteiger partial charge in [0.25, 0.3) is 0 Å². The number of halogens is 1. The Bertz CT molecular complexity index is 330. The van der Waals surface area contributed by atoms with Crippen molar-refractivity contribution in [2.24, 2.45) is 5.73 Å². The van der Waals surface area contributed by atoms with Crippen molar-refractivity contribution in [2.45, 2.75) is 64.8 Å². The van der Waals surface area contributed by atoms with Gasteiger partial charge in [0.2, 0.25) is 0 Å². The Hall–Kier alpha value is -0.530. The van der Waals surface area contributed by atoms with Gasteiger partial charge in [-0.1, -0.05) is 64.3 Å². The van der Waals surface area contributed by atoms with E-state index >= 15 is 0 Å². The molecule has 0 aliphatic heterocycles. The summed E-state index contributed by atoms with van der Waals surface area (Å²) in [7, 11) is 0. The van der Waals surface area contributed by atoms with Crippen molar-refractivity contribution in [3.63, 3.8) is 0 Å². The van der Waals surface area contributed by atoms with Crippen LogP contribution in [-0.4, -0.2) is 0 Å². The van der Waals surface area contributed by atoms with E-state index in [-0.39, 0.29) is 17.9 Å². The van der Waals surface area contributed by atoms with E-state index in [4.69, 9.17) is 5.73 Å². The van der Waals surface area contributed by atoms with Crippen LogP contribution in [0.15, 0.2) is 24.3 Å². The average molecular weight is 270 g/mol. The smallest absolute Gasteiger partial charge is 0.0412 e. The second kappa shape index (κ2) is 8.55. The second-order valence-electron chi connectivity index (χ2n) is 5.06. The molecule has 0 unspecified atom stereocenters. The molecular weight excluding hydrogens is 242 g/mol. The zero-order chi connectivity index (χ0) is 12.7. The highest BCUT2D eigenvalue weighted by Gasteiger charge is 2.27. The Balaban J connectivity index is 0.00000289. The van der Waals surface area contributed by atoms with Gasteiger partial charge in [0.05, 0.1) is 0 Å². The maximum absolute atomic E-state index is 6.67. The van der Waals surface area contributed by atoms with Crippen LogP contribution in [0.2, 0.25) is 0 Å². The average Bonchev–Trinajstić information content (AvgIpc) is 2.31. The summed E-state index contributed by atoms with van der Waals surface area (Å²) in [5.74, 6) is 0. The van der Waals surface area contributed by atoms with Crippen LogP contribution < -0.4 is 5.73 Å². The fourth-order valence-electron chi connectivity index (χ4n) is 2.78. The number of benzene rings is 1. The molecule has 1 rings (SSSR count). The summed E-state index contributed by atoms with van der Waals surface area (Å²) < 4.78 is 0. The SMILES string of the molecule is CCCc1ccccc1C(N)(CCC)CCC.Cl. The highest BCUT2D eigenvalue weighted by atomic mass is 35.5. The lowest BCUT2D eigenvalue weighted by molar-refractivity contribution is 0.366. The van der Waals surface area contributed by atoms with Crippen molar-refractivity contribution in [3.8, 4) is 0 Å². The molecule has 0 aromatic heterocycles. The van der Waals surface area contributed by atoms with Gasteiger partial charge in [-0.15, -0.1) is 12.4 Å². The summed E-state index contributed by atoms with van der Waals surface area (Å²) >= 11 is 0. The van der Waals surface area contributed by atoms with E-state index in [9.17, 15) is 0 Å². The molecule has 1 aromatic rings. The van der Waals surface area contributed by atoms with Crippen molar-refractivity contribution >= 4 is 12.4 Å². The first-order valence-electron chi connectivity index (χ1n) is 7.05. The van der Waals surface area contributed by atoms with E-state index < -0.39 is 0 Å². The summed E-state index contributed by atoms with van der Waals surface area (Å²) in [5, 5.41) is 0. The molecule has 0 amide bonds. The topological polar surface area (TPSA) is 26.0 Å². The first kappa shape index (κ1) is 17.5. The fraction of sp³-hybridized carbons (Fsp3) is 0.625. The standard InChI is InChI=1S/C16H27N.ClH/c1-4-9-14-10-7-8-11-15(14)16(17,12-5-2)13-6-3;/h7-8,10-11H,4-6,9,12-13,17H2,1-3H3;1H. The van der Waals surface area contributed by atoms with Crippen LogP contribution in [0.4, 0.5) is 0 Å². The molecule has 0 fully saturated rings. The molecule has 0 saturated heterocycles. The molecule has 0 aliphatic carbocycles. The minimum atomic E-state index is -0.116. The summed E-state index contributed by atoms with van der Waals surface area (Å²) in [6.45, 7) is 6.67. The summed E-state index contributed by atoms with van der Waals surface area (Å²) in [4.78, 5) is 0. The van der Waals surface area contributed by atoms with Gasteiger partial charge >= 0.3 is 0 Å². The molecule has 0 saturated carbocycles. The van der Waals surface area contributed by atoms with Crippen LogP contribution in [0.3, 0.4) is 0 Å². The van der Waals surface area contributed by atoms with Crippen LogP contribution in [-0.2, 0) is 12.0 Å². The summed E-state index contributed by atoms with van der Waals surface area (Å²) in [6.07, 6.45) is 6.80. The molecular formula is C16H28ClN. The molecule has 0 bridgehead atoms. The van der Waals surface area contributed by atoms with E-state index in [1.54, 1.807) is 0 Å². The first-order valence-corrected chi connectivity index (χ1v) is 7.05. The molecule has 0 aliphatic rings. The monoisotopic (exact) mass is 269 g/mol. The maximum atomic E-state index is 6.67. The molecule has 1 nitrogen and oxygen atoms in total. The molecule has 104 valence electrons. The Kier molecular flexibility index (Phi) is 8.30. The van der Waals surface area contributed by atoms with Crippen LogP contribution in [0.5, 0.6) is 0 Å². The van der Waals surface area contributed by atoms with Crippen LogP contribution in [0.1, 0.15) is 64.0 Å². The molecule has 0 radical (unpaired) electrons. The zero-order valence-electron chi connectivity index (χ0n) is 12.0. The van der Waals surface area contributed by atoms with Crippen molar-refractivity contribution in [1.82, 2.24) is 0 Å². The minimum Gasteiger partial charge on any atom is -0.321 e. The Labute approximate surface area is 119 Å². The van der Waals surface area contributed by atoms with E-state index in [1.807, 2.05) is 0 Å². The normalized spacial score (nSPS) is 11.1. The molecule has 2 heteroatoms. The predicted octanol–water partition coefficient (Wildman–Crippen LogP) is 4.82. The van der Waals surface area contributed by atoms with Crippen LogP contribution in [0, 0.1) is 0 Å². The molecule has 0 heterocycles. The second-order valence-corrected chi connectivity index (χ2v) is 5.06. The fourth-order valence-corrected chi connectivity index (χ4v) is 2.78.